The van der Waals surface area contributed by atoms with Gasteiger partial charge in [0.05, 0.1) is 0 Å². The van der Waals surface area contributed by atoms with Gasteiger partial charge in [0.25, 0.3) is 0 Å². The Bertz CT molecular complexity index is 2560. The molecule has 9 aromatic rings. The second-order valence-corrected chi connectivity index (χ2v) is 11.3. The molecule has 2 heterocycles. The minimum absolute atomic E-state index is 0.617. The van der Waals surface area contributed by atoms with E-state index in [-0.39, 0.29) is 0 Å². The monoisotopic (exact) mass is 563 g/mol. The molecule has 7 aromatic carbocycles. The molecule has 0 fully saturated rings. The summed E-state index contributed by atoms with van der Waals surface area (Å²) in [5.74, 6) is 1.89. The highest BCUT2D eigenvalue weighted by atomic mass is 16.3. The second-order valence-electron chi connectivity index (χ2n) is 11.3. The van der Waals surface area contributed by atoms with Crippen molar-refractivity contribution in [3.8, 4) is 34.2 Å². The maximum absolute atomic E-state index is 6.22. The van der Waals surface area contributed by atoms with Crippen molar-refractivity contribution < 1.29 is 4.42 Å². The smallest absolute Gasteiger partial charge is 0.164 e. The van der Waals surface area contributed by atoms with Gasteiger partial charge in [0.15, 0.2) is 17.5 Å². The molecular weight excluding hydrogens is 538 g/mol. The molecule has 4 nitrogen and oxygen atoms in total. The molecule has 0 saturated carbocycles. The fourth-order valence-electron chi connectivity index (χ4n) is 6.46. The molecule has 2 aromatic heterocycles. The van der Waals surface area contributed by atoms with Gasteiger partial charge in [0.2, 0.25) is 0 Å². The first-order chi connectivity index (χ1) is 21.7. The van der Waals surface area contributed by atoms with Crippen LogP contribution in [0.2, 0.25) is 0 Å². The first-order valence-corrected chi connectivity index (χ1v) is 14.8. The van der Waals surface area contributed by atoms with Crippen LogP contribution in [0.4, 0.5) is 0 Å². The largest absolute Gasteiger partial charge is 0.456 e. The van der Waals surface area contributed by atoms with Crippen LogP contribution in [0.3, 0.4) is 0 Å². The topological polar surface area (TPSA) is 51.8 Å². The summed E-state index contributed by atoms with van der Waals surface area (Å²) in [7, 11) is 0. The number of aryl methyl sites for hydroxylation is 1. The molecule has 0 saturated heterocycles. The number of hydrogen-bond donors (Lipinski definition) is 0. The predicted octanol–water partition coefficient (Wildman–Crippen LogP) is 10.5. The van der Waals surface area contributed by atoms with E-state index in [0.29, 0.717) is 17.5 Å². The molecule has 0 amide bonds. The third-order valence-corrected chi connectivity index (χ3v) is 8.61. The van der Waals surface area contributed by atoms with Crippen molar-refractivity contribution in [3.05, 3.63) is 139 Å². The minimum atomic E-state index is 0.617. The summed E-state index contributed by atoms with van der Waals surface area (Å²) >= 11 is 0. The van der Waals surface area contributed by atoms with Gasteiger partial charge in [-0.15, -0.1) is 0 Å². The number of benzene rings is 7. The number of fused-ring (bicyclic) bond motifs is 8. The van der Waals surface area contributed by atoms with Crippen molar-refractivity contribution in [1.82, 2.24) is 15.0 Å². The molecule has 0 atom stereocenters. The molecule has 0 unspecified atom stereocenters. The van der Waals surface area contributed by atoms with Gasteiger partial charge in [-0.1, -0.05) is 127 Å². The summed E-state index contributed by atoms with van der Waals surface area (Å²) in [6, 6.07) is 46.4. The normalized spacial score (nSPS) is 11.8. The molecule has 4 heteroatoms. The molecule has 0 radical (unpaired) electrons. The van der Waals surface area contributed by atoms with E-state index in [0.717, 1.165) is 44.0 Å². The van der Waals surface area contributed by atoms with Gasteiger partial charge in [0, 0.05) is 27.5 Å². The highest BCUT2D eigenvalue weighted by molar-refractivity contribution is 6.19. The fourth-order valence-corrected chi connectivity index (χ4v) is 6.46. The summed E-state index contributed by atoms with van der Waals surface area (Å²) in [5, 5.41) is 9.27. The van der Waals surface area contributed by atoms with Gasteiger partial charge < -0.3 is 4.42 Å². The summed E-state index contributed by atoms with van der Waals surface area (Å²) in [6.07, 6.45) is 0. The summed E-state index contributed by atoms with van der Waals surface area (Å²) < 4.78 is 6.22. The predicted molar refractivity (Wildman–Crippen MR) is 181 cm³/mol. The van der Waals surface area contributed by atoms with Crippen LogP contribution in [0.15, 0.2) is 138 Å². The lowest BCUT2D eigenvalue weighted by Crippen LogP contribution is -2.01. The van der Waals surface area contributed by atoms with Crippen molar-refractivity contribution in [2.75, 3.05) is 0 Å². The van der Waals surface area contributed by atoms with Crippen LogP contribution in [0, 0.1) is 6.92 Å². The van der Waals surface area contributed by atoms with Crippen LogP contribution >= 0.6 is 0 Å². The van der Waals surface area contributed by atoms with E-state index in [9.17, 15) is 0 Å². The first-order valence-electron chi connectivity index (χ1n) is 14.8. The Hall–Kier alpha value is -5.87. The van der Waals surface area contributed by atoms with Crippen LogP contribution in [0.5, 0.6) is 0 Å². The molecule has 0 N–H and O–H groups in total. The average molecular weight is 564 g/mol. The second kappa shape index (κ2) is 9.58. The van der Waals surface area contributed by atoms with Gasteiger partial charge in [-0.3, -0.25) is 0 Å². The fraction of sp³-hybridized carbons (Fsp3) is 0.0250. The Morgan fingerprint density at radius 3 is 1.89 bits per heavy atom. The summed E-state index contributed by atoms with van der Waals surface area (Å²) in [6.45, 7) is 2.09. The number of furan rings is 1. The standard InChI is InChI=1S/C40H25N3O/c1-24-16-18-26(19-17-24)38-41-39(43-40(42-38)34-13-7-15-36-37(34)33-10-4-5-14-35(33)44-36)32-12-6-11-28-30-21-20-25-8-2-3-9-27(25)29(30)22-23-31(28)32/h2-23H,1H3. The van der Waals surface area contributed by atoms with E-state index < -0.39 is 0 Å². The van der Waals surface area contributed by atoms with Crippen LogP contribution in [-0.4, -0.2) is 15.0 Å². The van der Waals surface area contributed by atoms with Crippen molar-refractivity contribution in [3.63, 3.8) is 0 Å². The van der Waals surface area contributed by atoms with E-state index in [1.807, 2.05) is 30.3 Å². The van der Waals surface area contributed by atoms with Gasteiger partial charge in [-0.25, -0.2) is 15.0 Å². The molecular formula is C40H25N3O. The van der Waals surface area contributed by atoms with E-state index >= 15 is 0 Å². The lowest BCUT2D eigenvalue weighted by Gasteiger charge is -2.13. The molecule has 206 valence electrons. The van der Waals surface area contributed by atoms with Crippen LogP contribution in [0.25, 0.3) is 88.4 Å². The molecule has 0 spiro atoms. The molecule has 0 aliphatic carbocycles. The number of aromatic nitrogens is 3. The molecule has 9 rings (SSSR count). The highest BCUT2D eigenvalue weighted by Gasteiger charge is 2.19. The van der Waals surface area contributed by atoms with Gasteiger partial charge in [-0.05, 0) is 51.4 Å². The number of hydrogen-bond acceptors (Lipinski definition) is 4. The lowest BCUT2D eigenvalue weighted by molar-refractivity contribution is 0.669. The number of nitrogens with zero attached hydrogens (tertiary/aromatic N) is 3. The molecule has 44 heavy (non-hydrogen) atoms. The summed E-state index contributed by atoms with van der Waals surface area (Å²) in [5.41, 5.74) is 5.68. The van der Waals surface area contributed by atoms with Gasteiger partial charge in [0.1, 0.15) is 11.2 Å². The first kappa shape index (κ1) is 24.7. The highest BCUT2D eigenvalue weighted by Crippen LogP contribution is 2.38. The van der Waals surface area contributed by atoms with Crippen molar-refractivity contribution in [2.24, 2.45) is 0 Å². The Morgan fingerprint density at radius 1 is 0.409 bits per heavy atom. The quantitative estimate of drug-likeness (QED) is 0.201. The Morgan fingerprint density at radius 2 is 1.00 bits per heavy atom. The Kier molecular flexibility index (Phi) is 5.38. The maximum Gasteiger partial charge on any atom is 0.164 e. The van der Waals surface area contributed by atoms with Crippen LogP contribution in [-0.2, 0) is 0 Å². The minimum Gasteiger partial charge on any atom is -0.456 e. The van der Waals surface area contributed by atoms with E-state index in [1.54, 1.807) is 0 Å². The van der Waals surface area contributed by atoms with Crippen LogP contribution in [0.1, 0.15) is 5.56 Å². The van der Waals surface area contributed by atoms with E-state index in [4.69, 9.17) is 19.4 Å². The summed E-state index contributed by atoms with van der Waals surface area (Å²) in [4.78, 5) is 15.3. The zero-order valence-electron chi connectivity index (χ0n) is 24.0. The average Bonchev–Trinajstić information content (AvgIpc) is 3.47. The molecule has 0 aliphatic rings. The van der Waals surface area contributed by atoms with Gasteiger partial charge in [-0.2, -0.15) is 0 Å². The van der Waals surface area contributed by atoms with E-state index in [2.05, 4.69) is 110 Å². The third kappa shape index (κ3) is 3.81. The van der Waals surface area contributed by atoms with Crippen molar-refractivity contribution in [1.29, 1.82) is 0 Å². The lowest BCUT2D eigenvalue weighted by atomic mass is 9.95. The van der Waals surface area contributed by atoms with Crippen molar-refractivity contribution >= 4 is 54.3 Å². The molecule has 0 bridgehead atoms. The zero-order valence-corrected chi connectivity index (χ0v) is 24.0. The van der Waals surface area contributed by atoms with Crippen molar-refractivity contribution in [2.45, 2.75) is 6.92 Å². The van der Waals surface area contributed by atoms with Gasteiger partial charge >= 0.3 is 0 Å². The van der Waals surface area contributed by atoms with E-state index in [1.165, 1.54) is 32.5 Å². The SMILES string of the molecule is Cc1ccc(-c2nc(-c3cccc4c3ccc3c5ccccc5ccc43)nc(-c3cccc4oc5ccccc5c34)n2)cc1. The Labute approximate surface area is 253 Å². The number of para-hydroxylation sites is 1. The number of rotatable bonds is 3. The third-order valence-electron chi connectivity index (χ3n) is 8.61. The Balaban J connectivity index is 1.33. The molecule has 0 aliphatic heterocycles. The maximum atomic E-state index is 6.22. The zero-order chi connectivity index (χ0) is 29.2. The van der Waals surface area contributed by atoms with Crippen LogP contribution < -0.4 is 0 Å².